The molecule has 96 valence electrons. The van der Waals surface area contributed by atoms with E-state index in [0.717, 1.165) is 16.9 Å². The van der Waals surface area contributed by atoms with Crippen LogP contribution in [0.5, 0.6) is 5.75 Å². The molecule has 0 fully saturated rings. The minimum atomic E-state index is -0.953. The molecule has 1 atom stereocenters. The molecular weight excluding hydrogens is 216 g/mol. The first-order valence-corrected chi connectivity index (χ1v) is 5.82. The van der Waals surface area contributed by atoms with Gasteiger partial charge in [-0.05, 0) is 36.1 Å². The van der Waals surface area contributed by atoms with Gasteiger partial charge in [0.1, 0.15) is 11.4 Å². The Bertz CT molecular complexity index is 374. The van der Waals surface area contributed by atoms with Gasteiger partial charge in [-0.15, -0.1) is 0 Å². The normalized spacial score (nSPS) is 14.8. The van der Waals surface area contributed by atoms with Crippen molar-refractivity contribution in [3.05, 3.63) is 29.3 Å². The number of hydrogen-bond donors (Lipinski definition) is 1. The molecule has 0 aliphatic heterocycles. The molecule has 1 aromatic rings. The number of aliphatic hydroxyl groups is 1. The second-order valence-corrected chi connectivity index (χ2v) is 4.69. The Morgan fingerprint density at radius 3 is 2.35 bits per heavy atom. The lowest BCUT2D eigenvalue weighted by atomic mass is 9.82. The van der Waals surface area contributed by atoms with E-state index in [1.807, 2.05) is 39.0 Å². The van der Waals surface area contributed by atoms with E-state index in [-0.39, 0.29) is 12.5 Å². The maximum atomic E-state index is 10.7. The van der Waals surface area contributed by atoms with Crippen LogP contribution in [0.25, 0.3) is 0 Å². The molecule has 0 saturated heterocycles. The summed E-state index contributed by atoms with van der Waals surface area (Å²) in [5.74, 6) is 0.879. The first kappa shape index (κ1) is 14.0. The van der Waals surface area contributed by atoms with Crippen LogP contribution in [-0.4, -0.2) is 25.9 Å². The third-order valence-corrected chi connectivity index (χ3v) is 3.22. The van der Waals surface area contributed by atoms with Gasteiger partial charge in [0, 0.05) is 7.11 Å². The van der Waals surface area contributed by atoms with Gasteiger partial charge in [-0.1, -0.05) is 19.9 Å². The Balaban J connectivity index is 3.19. The third-order valence-electron chi connectivity index (χ3n) is 3.22. The van der Waals surface area contributed by atoms with Gasteiger partial charge in [0.05, 0.1) is 13.7 Å². The third kappa shape index (κ3) is 2.79. The van der Waals surface area contributed by atoms with E-state index >= 15 is 0 Å². The monoisotopic (exact) mass is 238 g/mol. The average molecular weight is 238 g/mol. The Hall–Kier alpha value is -1.06. The summed E-state index contributed by atoms with van der Waals surface area (Å²) in [5, 5.41) is 10.7. The van der Waals surface area contributed by atoms with E-state index < -0.39 is 5.60 Å². The van der Waals surface area contributed by atoms with E-state index in [1.165, 1.54) is 0 Å². The number of methoxy groups -OCH3 is 2. The van der Waals surface area contributed by atoms with Crippen LogP contribution in [0.3, 0.4) is 0 Å². The zero-order valence-electron chi connectivity index (χ0n) is 11.3. The summed E-state index contributed by atoms with van der Waals surface area (Å²) >= 11 is 0. The molecule has 0 aliphatic carbocycles. The predicted molar refractivity (Wildman–Crippen MR) is 68.3 cm³/mol. The molecule has 1 rings (SSSR count). The van der Waals surface area contributed by atoms with Gasteiger partial charge in [-0.2, -0.15) is 0 Å². The standard InChI is InChI=1S/C14H22O3/c1-10(2)14(15,9-16-4)13-7-6-12(17-5)8-11(13)3/h6-8,10,15H,9H2,1-5H3. The molecule has 1 aromatic carbocycles. The highest BCUT2D eigenvalue weighted by atomic mass is 16.5. The molecule has 0 amide bonds. The van der Waals surface area contributed by atoms with Crippen molar-refractivity contribution in [1.82, 2.24) is 0 Å². The topological polar surface area (TPSA) is 38.7 Å². The smallest absolute Gasteiger partial charge is 0.119 e. The summed E-state index contributed by atoms with van der Waals surface area (Å²) < 4.78 is 10.3. The van der Waals surface area contributed by atoms with Crippen molar-refractivity contribution in [3.8, 4) is 5.75 Å². The fraction of sp³-hybridized carbons (Fsp3) is 0.571. The van der Waals surface area contributed by atoms with Gasteiger partial charge in [-0.25, -0.2) is 0 Å². The molecule has 0 aromatic heterocycles. The van der Waals surface area contributed by atoms with Crippen LogP contribution in [0.4, 0.5) is 0 Å². The molecule has 1 N–H and O–H groups in total. The van der Waals surface area contributed by atoms with Gasteiger partial charge < -0.3 is 14.6 Å². The van der Waals surface area contributed by atoms with Crippen LogP contribution in [0.15, 0.2) is 18.2 Å². The molecule has 3 nitrogen and oxygen atoms in total. The van der Waals surface area contributed by atoms with Crippen LogP contribution in [0.2, 0.25) is 0 Å². The molecule has 1 unspecified atom stereocenters. The summed E-state index contributed by atoms with van der Waals surface area (Å²) in [4.78, 5) is 0. The Morgan fingerprint density at radius 2 is 1.94 bits per heavy atom. The fourth-order valence-corrected chi connectivity index (χ4v) is 2.02. The molecule has 3 heteroatoms. The van der Waals surface area contributed by atoms with Crippen molar-refractivity contribution in [2.75, 3.05) is 20.8 Å². The fourth-order valence-electron chi connectivity index (χ4n) is 2.02. The molecule has 0 radical (unpaired) electrons. The van der Waals surface area contributed by atoms with Crippen molar-refractivity contribution in [3.63, 3.8) is 0 Å². The first-order chi connectivity index (χ1) is 7.95. The van der Waals surface area contributed by atoms with Crippen molar-refractivity contribution in [2.24, 2.45) is 5.92 Å². The van der Waals surface area contributed by atoms with Gasteiger partial charge >= 0.3 is 0 Å². The molecule has 0 bridgehead atoms. The summed E-state index contributed by atoms with van der Waals surface area (Å²) in [6.07, 6.45) is 0. The van der Waals surface area contributed by atoms with Gasteiger partial charge in [0.2, 0.25) is 0 Å². The highest BCUT2D eigenvalue weighted by Crippen LogP contribution is 2.33. The zero-order chi connectivity index (χ0) is 13.1. The largest absolute Gasteiger partial charge is 0.497 e. The van der Waals surface area contributed by atoms with Crippen molar-refractivity contribution in [2.45, 2.75) is 26.4 Å². The SMILES string of the molecule is COCC(O)(c1ccc(OC)cc1C)C(C)C. The highest BCUT2D eigenvalue weighted by molar-refractivity contribution is 5.38. The molecule has 0 saturated carbocycles. The van der Waals surface area contributed by atoms with Crippen LogP contribution in [-0.2, 0) is 10.3 Å². The predicted octanol–water partition coefficient (Wildman–Crippen LogP) is 2.49. The molecule has 17 heavy (non-hydrogen) atoms. The molecule has 0 spiro atoms. The minimum Gasteiger partial charge on any atom is -0.497 e. The second kappa shape index (κ2) is 5.52. The summed E-state index contributed by atoms with van der Waals surface area (Å²) in [5.41, 5.74) is 0.957. The lowest BCUT2D eigenvalue weighted by Gasteiger charge is -2.33. The van der Waals surface area contributed by atoms with Crippen LogP contribution >= 0.6 is 0 Å². The summed E-state index contributed by atoms with van der Waals surface area (Å²) in [6.45, 7) is 6.24. The highest BCUT2D eigenvalue weighted by Gasteiger charge is 2.34. The second-order valence-electron chi connectivity index (χ2n) is 4.69. The minimum absolute atomic E-state index is 0.0783. The maximum absolute atomic E-state index is 10.7. The number of rotatable bonds is 5. The Morgan fingerprint density at radius 1 is 1.29 bits per heavy atom. The van der Waals surface area contributed by atoms with Gasteiger partial charge in [0.25, 0.3) is 0 Å². The maximum Gasteiger partial charge on any atom is 0.119 e. The Kier molecular flexibility index (Phi) is 4.54. The number of aryl methyl sites for hydroxylation is 1. The number of benzene rings is 1. The molecular formula is C14H22O3. The van der Waals surface area contributed by atoms with Gasteiger partial charge in [-0.3, -0.25) is 0 Å². The van der Waals surface area contributed by atoms with Crippen molar-refractivity contribution < 1.29 is 14.6 Å². The number of ether oxygens (including phenoxy) is 2. The van der Waals surface area contributed by atoms with Crippen molar-refractivity contribution >= 4 is 0 Å². The average Bonchev–Trinajstić information content (AvgIpc) is 2.28. The number of hydrogen-bond acceptors (Lipinski definition) is 3. The van der Waals surface area contributed by atoms with Crippen LogP contribution < -0.4 is 4.74 Å². The summed E-state index contributed by atoms with van der Waals surface area (Å²) in [7, 11) is 3.24. The molecule has 0 aliphatic rings. The van der Waals surface area contributed by atoms with Crippen molar-refractivity contribution in [1.29, 1.82) is 0 Å². The Labute approximate surface area is 103 Å². The molecule has 0 heterocycles. The van der Waals surface area contributed by atoms with E-state index in [9.17, 15) is 5.11 Å². The van der Waals surface area contributed by atoms with Crippen LogP contribution in [0, 0.1) is 12.8 Å². The zero-order valence-corrected chi connectivity index (χ0v) is 11.3. The lowest BCUT2D eigenvalue weighted by molar-refractivity contribution is -0.0704. The van der Waals surface area contributed by atoms with E-state index in [2.05, 4.69) is 0 Å². The lowest BCUT2D eigenvalue weighted by Crippen LogP contribution is -2.37. The van der Waals surface area contributed by atoms with E-state index in [1.54, 1.807) is 14.2 Å². The summed E-state index contributed by atoms with van der Waals surface area (Å²) in [6, 6.07) is 5.71. The first-order valence-electron chi connectivity index (χ1n) is 5.82. The van der Waals surface area contributed by atoms with E-state index in [4.69, 9.17) is 9.47 Å². The van der Waals surface area contributed by atoms with E-state index in [0.29, 0.717) is 0 Å². The quantitative estimate of drug-likeness (QED) is 0.856. The van der Waals surface area contributed by atoms with Gasteiger partial charge in [0.15, 0.2) is 0 Å². The van der Waals surface area contributed by atoms with Crippen LogP contribution in [0.1, 0.15) is 25.0 Å².